The molecule has 3 rings (SSSR count). The van der Waals surface area contributed by atoms with Crippen LogP contribution in [0.15, 0.2) is 60.9 Å². The predicted molar refractivity (Wildman–Crippen MR) is 115 cm³/mol. The van der Waals surface area contributed by atoms with Crippen molar-refractivity contribution in [2.24, 2.45) is 0 Å². The van der Waals surface area contributed by atoms with Crippen LogP contribution in [0, 0.1) is 6.92 Å². The number of para-hydroxylation sites is 1. The molecule has 156 valence electrons. The van der Waals surface area contributed by atoms with Crippen molar-refractivity contribution in [2.45, 2.75) is 19.7 Å². The van der Waals surface area contributed by atoms with Gasteiger partial charge in [-0.05, 0) is 30.7 Å². The molecule has 2 aromatic carbocycles. The highest BCUT2D eigenvalue weighted by molar-refractivity contribution is 5.99. The van der Waals surface area contributed by atoms with E-state index in [1.807, 2.05) is 55.5 Å². The van der Waals surface area contributed by atoms with Crippen molar-refractivity contribution in [3.8, 4) is 5.75 Å². The van der Waals surface area contributed by atoms with Gasteiger partial charge < -0.3 is 14.8 Å². The average Bonchev–Trinajstić information content (AvgIpc) is 2.77. The monoisotopic (exact) mass is 407 g/mol. The molecule has 3 N–H and O–H groups in total. The van der Waals surface area contributed by atoms with Crippen LogP contribution in [-0.4, -0.2) is 30.2 Å². The number of urea groups is 1. The van der Waals surface area contributed by atoms with Gasteiger partial charge in [0.25, 0.3) is 0 Å². The van der Waals surface area contributed by atoms with Crippen molar-refractivity contribution < 1.29 is 14.3 Å². The maximum atomic E-state index is 12.4. The molecule has 0 saturated heterocycles. The lowest BCUT2D eigenvalue weighted by molar-refractivity contribution is 0.0727. The molecule has 0 bridgehead atoms. The van der Waals surface area contributed by atoms with Gasteiger partial charge in [0, 0.05) is 24.9 Å². The molecule has 8 nitrogen and oxygen atoms in total. The summed E-state index contributed by atoms with van der Waals surface area (Å²) in [5, 5.41) is 8.87. The van der Waals surface area contributed by atoms with Crippen LogP contribution in [0.25, 0.3) is 0 Å². The highest BCUT2D eigenvalue weighted by Gasteiger charge is 2.16. The molecule has 0 saturated carbocycles. The van der Waals surface area contributed by atoms with Crippen LogP contribution in [0.3, 0.4) is 0 Å². The van der Waals surface area contributed by atoms with Gasteiger partial charge >= 0.3 is 6.03 Å². The number of hydrogen-bond donors (Lipinski definition) is 3. The van der Waals surface area contributed by atoms with E-state index in [1.54, 1.807) is 20.4 Å². The van der Waals surface area contributed by atoms with Gasteiger partial charge in [0.2, 0.25) is 0 Å². The van der Waals surface area contributed by atoms with Crippen LogP contribution in [0.1, 0.15) is 23.0 Å². The Bertz CT molecular complexity index is 961. The fraction of sp³-hybridized carbons (Fsp3) is 0.227. The third kappa shape index (κ3) is 5.76. The summed E-state index contributed by atoms with van der Waals surface area (Å²) in [5.74, 6) is 1.18. The smallest absolute Gasteiger partial charge is 0.324 e. The van der Waals surface area contributed by atoms with Crippen molar-refractivity contribution >= 4 is 17.5 Å². The van der Waals surface area contributed by atoms with Gasteiger partial charge in [-0.15, -0.1) is 0 Å². The number of nitrogens with one attached hydrogen (secondary N) is 3. The van der Waals surface area contributed by atoms with Crippen LogP contribution in [0.4, 0.5) is 16.3 Å². The second kappa shape index (κ2) is 10.3. The summed E-state index contributed by atoms with van der Waals surface area (Å²) in [6.45, 7) is 2.42. The van der Waals surface area contributed by atoms with Crippen molar-refractivity contribution in [1.82, 2.24) is 15.3 Å². The Morgan fingerprint density at radius 3 is 2.43 bits per heavy atom. The molecule has 0 fully saturated rings. The van der Waals surface area contributed by atoms with E-state index in [9.17, 15) is 4.79 Å². The number of carbonyl (C=O) groups is 1. The highest BCUT2D eigenvalue weighted by atomic mass is 16.5. The molecular formula is C22H25N5O3. The Hall–Kier alpha value is -3.49. The molecule has 1 aromatic heterocycles. The number of nitrogens with zero attached hydrogens (tertiary/aromatic N) is 2. The summed E-state index contributed by atoms with van der Waals surface area (Å²) in [6, 6.07) is 14.8. The Labute approximate surface area is 175 Å². The fourth-order valence-electron chi connectivity index (χ4n) is 2.84. The third-order valence-electron chi connectivity index (χ3n) is 4.40. The van der Waals surface area contributed by atoms with Gasteiger partial charge in [-0.3, -0.25) is 15.6 Å². The molecular weight excluding hydrogens is 382 g/mol. The molecule has 1 atom stereocenters. The van der Waals surface area contributed by atoms with Gasteiger partial charge in [0.05, 0.1) is 25.2 Å². The van der Waals surface area contributed by atoms with E-state index in [0.717, 1.165) is 22.6 Å². The summed E-state index contributed by atoms with van der Waals surface area (Å²) >= 11 is 0. The Balaban J connectivity index is 1.66. The standard InChI is InChI=1S/C22H25N5O3/c1-15-12-24-20(14-23-15)27-22(28)26-19-7-5-4-6-18(19)21(30-3)25-13-16-8-10-17(29-2)11-9-16/h4-12,14,21,25H,13H2,1-3H3,(H2,24,26,27,28). The number of aryl methyl sites for hydroxylation is 1. The normalized spacial score (nSPS) is 11.6. The van der Waals surface area contributed by atoms with Gasteiger partial charge in [0.15, 0.2) is 5.82 Å². The van der Waals surface area contributed by atoms with Crippen LogP contribution < -0.4 is 20.7 Å². The van der Waals surface area contributed by atoms with Gasteiger partial charge in [-0.2, -0.15) is 0 Å². The minimum absolute atomic E-state index is 0.372. The molecule has 8 heteroatoms. The van der Waals surface area contributed by atoms with Crippen LogP contribution >= 0.6 is 0 Å². The Morgan fingerprint density at radius 1 is 1.00 bits per heavy atom. The summed E-state index contributed by atoms with van der Waals surface area (Å²) in [6.07, 6.45) is 2.69. The highest BCUT2D eigenvalue weighted by Crippen LogP contribution is 2.24. The number of carbonyl (C=O) groups excluding carboxylic acids is 1. The maximum Gasteiger partial charge on any atom is 0.324 e. The lowest BCUT2D eigenvalue weighted by Gasteiger charge is -2.21. The Kier molecular flexibility index (Phi) is 7.31. The molecule has 0 aliphatic carbocycles. The number of hydrogen-bond acceptors (Lipinski definition) is 6. The van der Waals surface area contributed by atoms with Gasteiger partial charge in [0.1, 0.15) is 12.0 Å². The second-order valence-corrected chi connectivity index (χ2v) is 6.55. The molecule has 1 unspecified atom stereocenters. The van der Waals surface area contributed by atoms with E-state index < -0.39 is 12.3 Å². The summed E-state index contributed by atoms with van der Waals surface area (Å²) in [7, 11) is 3.25. The van der Waals surface area contributed by atoms with Gasteiger partial charge in [-0.1, -0.05) is 30.3 Å². The number of rotatable bonds is 8. The van der Waals surface area contributed by atoms with Crippen molar-refractivity contribution in [1.29, 1.82) is 0 Å². The molecule has 2 amide bonds. The van der Waals surface area contributed by atoms with E-state index in [-0.39, 0.29) is 0 Å². The molecule has 1 heterocycles. The largest absolute Gasteiger partial charge is 0.497 e. The zero-order valence-corrected chi connectivity index (χ0v) is 17.2. The van der Waals surface area contributed by atoms with E-state index in [2.05, 4.69) is 25.9 Å². The molecule has 0 aliphatic rings. The SMILES string of the molecule is COc1ccc(CNC(OC)c2ccccc2NC(=O)Nc2cnc(C)cn2)cc1. The fourth-order valence-corrected chi connectivity index (χ4v) is 2.84. The lowest BCUT2D eigenvalue weighted by atomic mass is 10.1. The number of ether oxygens (including phenoxy) is 2. The van der Waals surface area contributed by atoms with E-state index in [4.69, 9.17) is 9.47 Å². The van der Waals surface area contributed by atoms with Crippen molar-refractivity contribution in [3.05, 3.63) is 77.7 Å². The lowest BCUT2D eigenvalue weighted by Crippen LogP contribution is -2.26. The summed E-state index contributed by atoms with van der Waals surface area (Å²) in [5.41, 5.74) is 3.29. The topological polar surface area (TPSA) is 97.4 Å². The van der Waals surface area contributed by atoms with E-state index in [1.165, 1.54) is 6.20 Å². The van der Waals surface area contributed by atoms with Crippen LogP contribution in [0.5, 0.6) is 5.75 Å². The first-order valence-corrected chi connectivity index (χ1v) is 9.43. The summed E-state index contributed by atoms with van der Waals surface area (Å²) < 4.78 is 10.8. The molecule has 3 aromatic rings. The first-order chi connectivity index (χ1) is 14.6. The zero-order valence-electron chi connectivity index (χ0n) is 17.2. The molecule has 0 radical (unpaired) electrons. The quantitative estimate of drug-likeness (QED) is 0.491. The van der Waals surface area contributed by atoms with Crippen LogP contribution in [-0.2, 0) is 11.3 Å². The minimum Gasteiger partial charge on any atom is -0.497 e. The van der Waals surface area contributed by atoms with E-state index in [0.29, 0.717) is 18.1 Å². The number of anilines is 2. The number of aromatic nitrogens is 2. The van der Waals surface area contributed by atoms with E-state index >= 15 is 0 Å². The Morgan fingerprint density at radius 2 is 1.77 bits per heavy atom. The maximum absolute atomic E-state index is 12.4. The molecule has 0 aliphatic heterocycles. The third-order valence-corrected chi connectivity index (χ3v) is 4.40. The number of amides is 2. The average molecular weight is 407 g/mol. The van der Waals surface area contributed by atoms with Crippen LogP contribution in [0.2, 0.25) is 0 Å². The second-order valence-electron chi connectivity index (χ2n) is 6.55. The minimum atomic E-state index is -0.414. The first kappa shape index (κ1) is 21.2. The molecule has 30 heavy (non-hydrogen) atoms. The number of methoxy groups -OCH3 is 2. The summed E-state index contributed by atoms with van der Waals surface area (Å²) in [4.78, 5) is 20.7. The zero-order chi connectivity index (χ0) is 21.3. The van der Waals surface area contributed by atoms with Gasteiger partial charge in [-0.25, -0.2) is 9.78 Å². The van der Waals surface area contributed by atoms with Crippen molar-refractivity contribution in [2.75, 3.05) is 24.9 Å². The first-order valence-electron chi connectivity index (χ1n) is 9.43. The number of benzene rings is 2. The van der Waals surface area contributed by atoms with Crippen molar-refractivity contribution in [3.63, 3.8) is 0 Å². The molecule has 0 spiro atoms. The predicted octanol–water partition coefficient (Wildman–Crippen LogP) is 3.87.